The maximum absolute atomic E-state index is 11.9. The molecule has 1 saturated heterocycles. The van der Waals surface area contributed by atoms with Crippen LogP contribution in [0.4, 0.5) is 5.82 Å². The number of ether oxygens (including phenoxy) is 1. The maximum Gasteiger partial charge on any atom is 0.351 e. The van der Waals surface area contributed by atoms with Crippen LogP contribution in [0.5, 0.6) is 0 Å². The Hall–Kier alpha value is -1.48. The van der Waals surface area contributed by atoms with Crippen molar-refractivity contribution in [3.63, 3.8) is 0 Å². The van der Waals surface area contributed by atoms with Crippen LogP contribution in [0.15, 0.2) is 11.0 Å². The minimum atomic E-state index is -0.853. The number of anilines is 1. The van der Waals surface area contributed by atoms with Gasteiger partial charge >= 0.3 is 5.69 Å². The summed E-state index contributed by atoms with van der Waals surface area (Å²) in [6, 6.07) is 0. The standard InChI is InChI=1S/C12H19N3O5/c1-2-7(17)6-4-15(12(19)14-11(6)13)10-3-8(18)9(5-16)20-10/h4,7-10,16-18H,2-3,5H2,1H3,(H2,13,14,19)/t7?,8?,9-,10-/m1/s1. The second-order valence-electron chi connectivity index (χ2n) is 4.81. The van der Waals surface area contributed by atoms with Crippen molar-refractivity contribution in [2.75, 3.05) is 12.3 Å². The predicted octanol–water partition coefficient (Wildman–Crippen LogP) is -1.09. The smallest absolute Gasteiger partial charge is 0.351 e. The summed E-state index contributed by atoms with van der Waals surface area (Å²) in [5.74, 6) is -0.0159. The normalized spacial score (nSPS) is 27.7. The predicted molar refractivity (Wildman–Crippen MR) is 69.8 cm³/mol. The van der Waals surface area contributed by atoms with Crippen LogP contribution in [0.1, 0.15) is 37.7 Å². The van der Waals surface area contributed by atoms with Gasteiger partial charge in [-0.3, -0.25) is 4.57 Å². The summed E-state index contributed by atoms with van der Waals surface area (Å²) in [7, 11) is 0. The van der Waals surface area contributed by atoms with Crippen LogP contribution >= 0.6 is 0 Å². The molecular weight excluding hydrogens is 266 g/mol. The lowest BCUT2D eigenvalue weighted by molar-refractivity contribution is -0.0460. The van der Waals surface area contributed by atoms with E-state index >= 15 is 0 Å². The first-order chi connectivity index (χ1) is 9.47. The first kappa shape index (κ1) is 14.9. The molecular formula is C12H19N3O5. The number of hydrogen-bond donors (Lipinski definition) is 4. The Bertz CT molecular complexity index is 532. The van der Waals surface area contributed by atoms with E-state index in [4.69, 9.17) is 15.6 Å². The number of nitrogens with two attached hydrogens (primary N) is 1. The molecule has 2 unspecified atom stereocenters. The molecule has 2 rings (SSSR count). The zero-order valence-corrected chi connectivity index (χ0v) is 11.1. The highest BCUT2D eigenvalue weighted by Crippen LogP contribution is 2.29. The van der Waals surface area contributed by atoms with Gasteiger partial charge in [-0.2, -0.15) is 4.98 Å². The van der Waals surface area contributed by atoms with Gasteiger partial charge in [0.05, 0.1) is 18.8 Å². The van der Waals surface area contributed by atoms with Crippen LogP contribution in [0.3, 0.4) is 0 Å². The van der Waals surface area contributed by atoms with Gasteiger partial charge in [0, 0.05) is 18.2 Å². The Morgan fingerprint density at radius 1 is 1.65 bits per heavy atom. The van der Waals surface area contributed by atoms with Crippen molar-refractivity contribution in [1.82, 2.24) is 9.55 Å². The Labute approximate surface area is 115 Å². The molecule has 2 heterocycles. The van der Waals surface area contributed by atoms with Crippen molar-refractivity contribution in [1.29, 1.82) is 0 Å². The van der Waals surface area contributed by atoms with Crippen molar-refractivity contribution in [3.8, 4) is 0 Å². The van der Waals surface area contributed by atoms with E-state index in [1.165, 1.54) is 10.8 Å². The minimum Gasteiger partial charge on any atom is -0.394 e. The third-order valence-electron chi connectivity index (χ3n) is 3.45. The van der Waals surface area contributed by atoms with E-state index in [1.54, 1.807) is 6.92 Å². The Morgan fingerprint density at radius 2 is 2.35 bits per heavy atom. The minimum absolute atomic E-state index is 0.0159. The fraction of sp³-hybridized carbons (Fsp3) is 0.667. The van der Waals surface area contributed by atoms with E-state index < -0.39 is 30.2 Å². The van der Waals surface area contributed by atoms with Crippen LogP contribution in [0.2, 0.25) is 0 Å². The Morgan fingerprint density at radius 3 is 2.90 bits per heavy atom. The molecule has 1 aromatic heterocycles. The number of aromatic nitrogens is 2. The van der Waals surface area contributed by atoms with Gasteiger partial charge in [-0.15, -0.1) is 0 Å². The average molecular weight is 285 g/mol. The van der Waals surface area contributed by atoms with E-state index in [0.717, 1.165) is 0 Å². The van der Waals surface area contributed by atoms with Crippen molar-refractivity contribution in [2.45, 2.75) is 44.3 Å². The van der Waals surface area contributed by atoms with E-state index in [0.29, 0.717) is 12.0 Å². The first-order valence-electron chi connectivity index (χ1n) is 6.48. The molecule has 8 heteroatoms. The summed E-state index contributed by atoms with van der Waals surface area (Å²) < 4.78 is 6.58. The molecule has 112 valence electrons. The molecule has 0 bridgehead atoms. The largest absolute Gasteiger partial charge is 0.394 e. The molecule has 0 amide bonds. The van der Waals surface area contributed by atoms with Gasteiger partial charge in [0.1, 0.15) is 18.1 Å². The summed E-state index contributed by atoms with van der Waals surface area (Å²) in [5.41, 5.74) is 5.36. The summed E-state index contributed by atoms with van der Waals surface area (Å²) in [6.45, 7) is 1.44. The zero-order valence-electron chi connectivity index (χ0n) is 11.1. The summed E-state index contributed by atoms with van der Waals surface area (Å²) in [4.78, 5) is 15.5. The van der Waals surface area contributed by atoms with Crippen LogP contribution in [-0.4, -0.2) is 43.7 Å². The average Bonchev–Trinajstić information content (AvgIpc) is 2.79. The van der Waals surface area contributed by atoms with E-state index in [2.05, 4.69) is 4.98 Å². The van der Waals surface area contributed by atoms with Gasteiger partial charge in [-0.1, -0.05) is 6.92 Å². The highest BCUT2D eigenvalue weighted by molar-refractivity contribution is 5.38. The van der Waals surface area contributed by atoms with Gasteiger partial charge in [0.2, 0.25) is 0 Å². The molecule has 4 atom stereocenters. The molecule has 8 nitrogen and oxygen atoms in total. The lowest BCUT2D eigenvalue weighted by atomic mass is 10.1. The topological polar surface area (TPSA) is 131 Å². The van der Waals surface area contributed by atoms with E-state index in [1.807, 2.05) is 0 Å². The molecule has 5 N–H and O–H groups in total. The molecule has 0 spiro atoms. The second kappa shape index (κ2) is 5.88. The first-order valence-corrected chi connectivity index (χ1v) is 6.48. The molecule has 0 aliphatic carbocycles. The number of aliphatic hydroxyl groups is 3. The molecule has 0 saturated carbocycles. The van der Waals surface area contributed by atoms with E-state index in [9.17, 15) is 15.0 Å². The van der Waals surface area contributed by atoms with Gasteiger partial charge in [-0.25, -0.2) is 4.79 Å². The third kappa shape index (κ3) is 2.68. The molecule has 1 aromatic rings. The molecule has 1 aliphatic rings. The fourth-order valence-electron chi connectivity index (χ4n) is 2.23. The summed E-state index contributed by atoms with van der Waals surface area (Å²) >= 11 is 0. The molecule has 0 aromatic carbocycles. The van der Waals surface area contributed by atoms with Gasteiger partial charge < -0.3 is 25.8 Å². The third-order valence-corrected chi connectivity index (χ3v) is 3.45. The quantitative estimate of drug-likeness (QED) is 0.552. The highest BCUT2D eigenvalue weighted by Gasteiger charge is 2.35. The number of nitrogens with zero attached hydrogens (tertiary/aromatic N) is 2. The number of aliphatic hydroxyl groups excluding tert-OH is 3. The van der Waals surface area contributed by atoms with Gasteiger partial charge in [0.15, 0.2) is 0 Å². The number of nitrogen functional groups attached to an aromatic ring is 1. The summed E-state index contributed by atoms with van der Waals surface area (Å²) in [6.07, 6.45) is -1.15. The Kier molecular flexibility index (Phi) is 4.39. The van der Waals surface area contributed by atoms with Crippen LogP contribution in [0, 0.1) is 0 Å². The van der Waals surface area contributed by atoms with Crippen LogP contribution in [0.25, 0.3) is 0 Å². The molecule has 1 fully saturated rings. The number of hydrogen-bond acceptors (Lipinski definition) is 7. The van der Waals surface area contributed by atoms with Crippen molar-refractivity contribution in [3.05, 3.63) is 22.2 Å². The Balaban J connectivity index is 2.35. The van der Waals surface area contributed by atoms with Crippen molar-refractivity contribution < 1.29 is 20.1 Å². The van der Waals surface area contributed by atoms with Gasteiger partial charge in [-0.05, 0) is 6.42 Å². The van der Waals surface area contributed by atoms with Crippen LogP contribution < -0.4 is 11.4 Å². The van der Waals surface area contributed by atoms with Crippen molar-refractivity contribution in [2.24, 2.45) is 0 Å². The monoisotopic (exact) mass is 285 g/mol. The van der Waals surface area contributed by atoms with E-state index in [-0.39, 0.29) is 18.8 Å². The molecule has 20 heavy (non-hydrogen) atoms. The second-order valence-corrected chi connectivity index (χ2v) is 4.81. The number of rotatable bonds is 4. The maximum atomic E-state index is 11.9. The molecule has 1 aliphatic heterocycles. The van der Waals surface area contributed by atoms with Crippen LogP contribution in [-0.2, 0) is 4.74 Å². The fourth-order valence-corrected chi connectivity index (χ4v) is 2.23. The van der Waals surface area contributed by atoms with Gasteiger partial charge in [0.25, 0.3) is 0 Å². The lowest BCUT2D eigenvalue weighted by Crippen LogP contribution is -2.29. The van der Waals surface area contributed by atoms with Crippen molar-refractivity contribution >= 4 is 5.82 Å². The SMILES string of the molecule is CCC(O)c1cn([C@H]2CC(O)[C@@H](CO)O2)c(=O)nc1N. The summed E-state index contributed by atoms with van der Waals surface area (Å²) in [5, 5.41) is 28.6. The highest BCUT2D eigenvalue weighted by atomic mass is 16.5. The lowest BCUT2D eigenvalue weighted by Gasteiger charge is -2.17. The molecule has 0 radical (unpaired) electrons. The zero-order chi connectivity index (χ0) is 14.9.